The summed E-state index contributed by atoms with van der Waals surface area (Å²) in [6.07, 6.45) is 9.24. The van der Waals surface area contributed by atoms with Crippen LogP contribution in [0.15, 0.2) is 24.5 Å². The van der Waals surface area contributed by atoms with Crippen LogP contribution in [0.3, 0.4) is 0 Å². The third-order valence-electron chi connectivity index (χ3n) is 9.50. The third-order valence-corrected chi connectivity index (χ3v) is 18.1. The monoisotopic (exact) mass is 617 g/mol. The maximum Gasteiger partial charge on any atom is 0.423 e. The fourth-order valence-corrected chi connectivity index (χ4v) is 15.8. The average molecular weight is 618 g/mol. The highest BCUT2D eigenvalue weighted by Crippen LogP contribution is 2.46. The fourth-order valence-electron chi connectivity index (χ4n) is 7.79. The molecule has 0 aromatic carbocycles. The minimum atomic E-state index is -3.76. The molecule has 3 rings (SSSR count). The van der Waals surface area contributed by atoms with E-state index in [1.54, 1.807) is 20.8 Å². The van der Waals surface area contributed by atoms with E-state index in [1.165, 1.54) is 29.1 Å². The van der Waals surface area contributed by atoms with Crippen molar-refractivity contribution in [3.05, 3.63) is 35.7 Å². The van der Waals surface area contributed by atoms with Crippen LogP contribution in [0, 0.1) is 18.8 Å². The highest BCUT2D eigenvalue weighted by atomic mass is 32.2. The second-order valence-electron chi connectivity index (χ2n) is 14.3. The summed E-state index contributed by atoms with van der Waals surface area (Å²) in [7, 11) is -4.42. The topological polar surface area (TPSA) is 81.5 Å². The zero-order chi connectivity index (χ0) is 31.8. The van der Waals surface area contributed by atoms with E-state index < -0.39 is 30.0 Å². The maximum atomic E-state index is 13.0. The smallest absolute Gasteiger partial charge is 0.423 e. The van der Waals surface area contributed by atoms with Gasteiger partial charge < -0.3 is 8.97 Å². The largest absolute Gasteiger partial charge is 0.443 e. The van der Waals surface area contributed by atoms with Crippen LogP contribution in [0.2, 0.25) is 16.6 Å². The number of pyridine rings is 1. The van der Waals surface area contributed by atoms with Crippen molar-refractivity contribution >= 4 is 41.0 Å². The van der Waals surface area contributed by atoms with Gasteiger partial charge in [0.25, 0.3) is 0 Å². The van der Waals surface area contributed by atoms with Gasteiger partial charge in [-0.25, -0.2) is 22.5 Å². The number of hydrogen-bond acceptors (Lipinski definition) is 5. The number of hydrogen-bond donors (Lipinski definition) is 0. The summed E-state index contributed by atoms with van der Waals surface area (Å²) in [5.41, 5.74) is 5.88. The second kappa shape index (κ2) is 12.8. The normalized spacial score (nSPS) is 19.3. The number of nitrogens with zero attached hydrogens (tertiary/aromatic N) is 3. The summed E-state index contributed by atoms with van der Waals surface area (Å²) in [5, 5.41) is 1.23. The number of carbonyl (C=O) groups is 1. The number of amides is 1. The van der Waals surface area contributed by atoms with Crippen LogP contribution in [0.4, 0.5) is 4.79 Å². The van der Waals surface area contributed by atoms with Crippen molar-refractivity contribution in [3.8, 4) is 0 Å². The van der Waals surface area contributed by atoms with E-state index in [4.69, 9.17) is 9.72 Å². The fraction of sp³-hybridized carbons (Fsp3) is 0.697. The number of rotatable bonds is 9. The Bertz CT molecular complexity index is 1370. The Morgan fingerprint density at radius 2 is 1.64 bits per heavy atom. The van der Waals surface area contributed by atoms with Crippen LogP contribution in [-0.4, -0.2) is 54.7 Å². The van der Waals surface area contributed by atoms with Gasteiger partial charge in [0.1, 0.15) is 11.2 Å². The van der Waals surface area contributed by atoms with E-state index in [0.29, 0.717) is 22.5 Å². The van der Waals surface area contributed by atoms with Gasteiger partial charge in [-0.05, 0) is 118 Å². The van der Waals surface area contributed by atoms with Gasteiger partial charge in [-0.3, -0.25) is 0 Å². The molecule has 1 aliphatic carbocycles. The average Bonchev–Trinajstić information content (AvgIpc) is 3.28. The molecule has 0 spiro atoms. The Balaban J connectivity index is 1.87. The highest BCUT2D eigenvalue weighted by Gasteiger charge is 2.46. The molecule has 7 nitrogen and oxygen atoms in total. The van der Waals surface area contributed by atoms with Crippen LogP contribution < -0.4 is 0 Å². The molecule has 0 radical (unpaired) electrons. The predicted molar refractivity (Wildman–Crippen MR) is 178 cm³/mol. The summed E-state index contributed by atoms with van der Waals surface area (Å²) >= 11 is 0. The van der Waals surface area contributed by atoms with E-state index in [-0.39, 0.29) is 11.7 Å². The summed E-state index contributed by atoms with van der Waals surface area (Å²) < 4.78 is 34.7. The molecule has 1 aliphatic rings. The summed E-state index contributed by atoms with van der Waals surface area (Å²) in [6.45, 7) is 23.8. The molecule has 0 N–H and O–H groups in total. The number of allylic oxidation sites excluding steroid dienone is 2. The van der Waals surface area contributed by atoms with E-state index in [9.17, 15) is 13.2 Å². The highest BCUT2D eigenvalue weighted by molar-refractivity contribution is 7.89. The van der Waals surface area contributed by atoms with Gasteiger partial charge >= 0.3 is 6.09 Å². The molecule has 1 fully saturated rings. The summed E-state index contributed by atoms with van der Waals surface area (Å²) in [6, 6.07) is 2.29. The molecule has 2 aromatic heterocycles. The molecule has 42 heavy (non-hydrogen) atoms. The standard InChI is InChI=1S/C33H55N3O4SSi/c1-13-28(27-16-14-26(15-17-27)21-41(38,39)35(12)32(37)40-33(9,10)11)30-25(8)20-34-31-29(30)18-19-36(31)42(22(2)3,23(4)5)24(6)7/h13,18-20,22-24,26-27H,14-17,21H2,1-12H3. The Hall–Kier alpha value is -2.13. The third kappa shape index (κ3) is 6.67. The first-order valence-electron chi connectivity index (χ1n) is 15.7. The first-order valence-corrected chi connectivity index (χ1v) is 19.5. The van der Waals surface area contributed by atoms with Gasteiger partial charge in [0.2, 0.25) is 10.0 Å². The Morgan fingerprint density at radius 3 is 2.12 bits per heavy atom. The SMILES string of the molecule is CC=C(c1c(C)cnc2c1ccn2[Si](C(C)C)(C(C)C)C(C)C)C1CCC(CS(=O)(=O)N(C)C(=O)OC(C)(C)C)CC1. The lowest BCUT2D eigenvalue weighted by Crippen LogP contribution is -2.51. The van der Waals surface area contributed by atoms with Gasteiger partial charge in [0, 0.05) is 18.6 Å². The zero-order valence-corrected chi connectivity index (χ0v) is 29.9. The minimum absolute atomic E-state index is 0.0172. The molecule has 0 atom stereocenters. The molecular weight excluding hydrogens is 563 g/mol. The van der Waals surface area contributed by atoms with Crippen LogP contribution in [-0.2, 0) is 14.8 Å². The van der Waals surface area contributed by atoms with Crippen molar-refractivity contribution in [1.82, 2.24) is 13.5 Å². The van der Waals surface area contributed by atoms with Gasteiger partial charge in [0.05, 0.1) is 5.75 Å². The van der Waals surface area contributed by atoms with Gasteiger partial charge in [-0.1, -0.05) is 47.6 Å². The van der Waals surface area contributed by atoms with Crippen LogP contribution >= 0.6 is 0 Å². The van der Waals surface area contributed by atoms with Crippen LogP contribution in [0.1, 0.15) is 106 Å². The molecule has 236 valence electrons. The first kappa shape index (κ1) is 34.4. The second-order valence-corrected chi connectivity index (χ2v) is 22.0. The van der Waals surface area contributed by atoms with E-state index in [2.05, 4.69) is 78.0 Å². The van der Waals surface area contributed by atoms with Gasteiger partial charge in [-0.2, -0.15) is 0 Å². The van der Waals surface area contributed by atoms with Crippen molar-refractivity contribution in [1.29, 1.82) is 0 Å². The Morgan fingerprint density at radius 1 is 1.10 bits per heavy atom. The molecular formula is C33H55N3O4SSi. The molecule has 2 aromatic rings. The lowest BCUT2D eigenvalue weighted by Gasteiger charge is -2.44. The molecule has 9 heteroatoms. The molecule has 0 bridgehead atoms. The molecule has 1 amide bonds. The van der Waals surface area contributed by atoms with Crippen molar-refractivity contribution in [2.75, 3.05) is 12.8 Å². The quantitative estimate of drug-likeness (QED) is 0.263. The Labute approximate surface area is 256 Å². The van der Waals surface area contributed by atoms with E-state index >= 15 is 0 Å². The van der Waals surface area contributed by atoms with Crippen LogP contribution in [0.5, 0.6) is 0 Å². The molecule has 0 saturated heterocycles. The predicted octanol–water partition coefficient (Wildman–Crippen LogP) is 8.77. The lowest BCUT2D eigenvalue weighted by atomic mass is 9.76. The zero-order valence-electron chi connectivity index (χ0n) is 28.1. The number of aryl methyl sites for hydroxylation is 1. The van der Waals surface area contributed by atoms with Crippen LogP contribution in [0.25, 0.3) is 16.6 Å². The maximum absolute atomic E-state index is 13.0. The number of aromatic nitrogens is 2. The lowest BCUT2D eigenvalue weighted by molar-refractivity contribution is 0.0420. The summed E-state index contributed by atoms with van der Waals surface area (Å²) in [4.78, 5) is 17.5. The number of sulfonamides is 1. The summed E-state index contributed by atoms with van der Waals surface area (Å²) in [5.74, 6) is 0.338. The molecule has 1 saturated carbocycles. The number of carbonyl (C=O) groups excluding carboxylic acids is 1. The van der Waals surface area contributed by atoms with Crippen molar-refractivity contribution in [2.24, 2.45) is 11.8 Å². The number of ether oxygens (including phenoxy) is 1. The van der Waals surface area contributed by atoms with Crippen molar-refractivity contribution < 1.29 is 17.9 Å². The van der Waals surface area contributed by atoms with Crippen molar-refractivity contribution in [2.45, 2.75) is 124 Å². The minimum Gasteiger partial charge on any atom is -0.443 e. The number of fused-ring (bicyclic) bond motifs is 1. The molecule has 0 unspecified atom stereocenters. The van der Waals surface area contributed by atoms with Gasteiger partial charge in [0.15, 0.2) is 8.24 Å². The van der Waals surface area contributed by atoms with E-state index in [0.717, 1.165) is 35.6 Å². The van der Waals surface area contributed by atoms with Crippen molar-refractivity contribution in [3.63, 3.8) is 0 Å². The first-order chi connectivity index (χ1) is 19.4. The molecule has 2 heterocycles. The van der Waals surface area contributed by atoms with E-state index in [1.807, 2.05) is 6.20 Å². The molecule has 0 aliphatic heterocycles. The van der Waals surface area contributed by atoms with Gasteiger partial charge in [-0.15, -0.1) is 0 Å². The Kier molecular flexibility index (Phi) is 10.5.